The molecule has 124 valence electrons. The number of rotatable bonds is 4. The van der Waals surface area contributed by atoms with E-state index in [0.29, 0.717) is 0 Å². The van der Waals surface area contributed by atoms with Crippen molar-refractivity contribution in [2.45, 2.75) is 9.79 Å². The lowest BCUT2D eigenvalue weighted by Gasteiger charge is -2.34. The zero-order chi connectivity index (χ0) is 15.7. The zero-order valence-electron chi connectivity index (χ0n) is 13.5. The number of anilines is 2. The van der Waals surface area contributed by atoms with Gasteiger partial charge in [-0.05, 0) is 30.3 Å². The first-order valence-corrected chi connectivity index (χ1v) is 8.54. The topological polar surface area (TPSA) is 15.3 Å². The number of hydrogen-bond acceptors (Lipinski definition) is 3. The third-order valence-corrected chi connectivity index (χ3v) is 4.87. The monoisotopic (exact) mass is 461 g/mol. The number of nitrogens with zero attached hydrogens (tertiary/aromatic N) is 2. The maximum atomic E-state index is 6.22. The molecule has 0 aliphatic carbocycles. The zero-order valence-corrected chi connectivity index (χ0v) is 17.2. The Morgan fingerprint density at radius 2 is 1.74 bits per heavy atom. The van der Waals surface area contributed by atoms with E-state index in [2.05, 4.69) is 67.9 Å². The molecule has 1 N–H and O–H groups in total. The van der Waals surface area contributed by atoms with Crippen molar-refractivity contribution in [3.63, 3.8) is 0 Å². The van der Waals surface area contributed by atoms with Crippen LogP contribution in [-0.4, -0.2) is 38.8 Å². The van der Waals surface area contributed by atoms with Crippen molar-refractivity contribution in [2.24, 2.45) is 0 Å². The Hall–Kier alpha value is -0.470. The van der Waals surface area contributed by atoms with Crippen LogP contribution in [0.25, 0.3) is 0 Å². The van der Waals surface area contributed by atoms with Gasteiger partial charge in [0.2, 0.25) is 0 Å². The van der Waals surface area contributed by atoms with Gasteiger partial charge in [0.15, 0.2) is 0 Å². The van der Waals surface area contributed by atoms with Gasteiger partial charge >= 0.3 is 0 Å². The van der Waals surface area contributed by atoms with Crippen LogP contribution in [0.1, 0.15) is 0 Å². The summed E-state index contributed by atoms with van der Waals surface area (Å²) in [5, 5.41) is 0.781. The normalized spacial score (nSPS) is 13.1. The summed E-state index contributed by atoms with van der Waals surface area (Å²) in [5.41, 5.74) is 5.95. The minimum absolute atomic E-state index is 0. The predicted molar refractivity (Wildman–Crippen MR) is 95.1 cm³/mol. The van der Waals surface area contributed by atoms with Crippen molar-refractivity contribution in [3.8, 4) is 0 Å². The van der Waals surface area contributed by atoms with Gasteiger partial charge in [0.1, 0.15) is 0 Å². The van der Waals surface area contributed by atoms with Gasteiger partial charge in [-0.15, -0.1) is 0 Å². The first-order chi connectivity index (χ1) is 10.4. The fourth-order valence-corrected chi connectivity index (χ4v) is 3.78. The van der Waals surface area contributed by atoms with Crippen LogP contribution < -0.4 is 34.3 Å². The standard InChI is InChI=1S/C17H21ClN3S.HI/c1-21(2,3)19-10-11-20-14-6-4-5-7-16(14)22-17-9-8-13(18)12-15(17)20;/h4-9,12,19H,10-11H2,1-3H3;1H/q+1;/p-1. The van der Waals surface area contributed by atoms with Crippen molar-refractivity contribution >= 4 is 34.7 Å². The van der Waals surface area contributed by atoms with Crippen LogP contribution in [0, 0.1) is 0 Å². The largest absolute Gasteiger partial charge is 1.00 e. The molecule has 0 aromatic heterocycles. The molecule has 0 radical (unpaired) electrons. The third kappa shape index (κ3) is 4.54. The highest BCUT2D eigenvalue weighted by Crippen LogP contribution is 2.48. The molecule has 0 saturated heterocycles. The van der Waals surface area contributed by atoms with Gasteiger partial charge in [-0.2, -0.15) is 5.43 Å². The minimum Gasteiger partial charge on any atom is -1.00 e. The minimum atomic E-state index is 0. The Bertz CT molecular complexity index is 688. The number of para-hydroxylation sites is 1. The van der Waals surface area contributed by atoms with Gasteiger partial charge in [0.25, 0.3) is 0 Å². The maximum Gasteiger partial charge on any atom is 0.0853 e. The van der Waals surface area contributed by atoms with Crippen molar-refractivity contribution in [2.75, 3.05) is 39.1 Å². The summed E-state index contributed by atoms with van der Waals surface area (Å²) in [6.07, 6.45) is 0. The Kier molecular flexibility index (Phi) is 6.24. The van der Waals surface area contributed by atoms with Gasteiger partial charge < -0.3 is 28.9 Å². The molecule has 3 rings (SSSR count). The number of benzene rings is 2. The molecule has 1 aliphatic heterocycles. The van der Waals surface area contributed by atoms with Crippen molar-refractivity contribution in [1.29, 1.82) is 0 Å². The second-order valence-electron chi connectivity index (χ2n) is 6.25. The predicted octanol–water partition coefficient (Wildman–Crippen LogP) is 1.16. The number of hydrogen-bond donors (Lipinski definition) is 1. The summed E-state index contributed by atoms with van der Waals surface area (Å²) in [4.78, 5) is 4.91. The molecule has 1 heterocycles. The summed E-state index contributed by atoms with van der Waals surface area (Å²) in [6, 6.07) is 14.7. The van der Waals surface area contributed by atoms with Gasteiger partial charge in [-0.3, -0.25) is 4.59 Å². The molecular weight excluding hydrogens is 441 g/mol. The summed E-state index contributed by atoms with van der Waals surface area (Å²) in [5.74, 6) is 0. The Labute approximate surface area is 164 Å². The van der Waals surface area contributed by atoms with Gasteiger partial charge in [-0.1, -0.05) is 35.5 Å². The summed E-state index contributed by atoms with van der Waals surface area (Å²) in [7, 11) is 6.39. The van der Waals surface area contributed by atoms with Crippen molar-refractivity contribution in [1.82, 2.24) is 5.43 Å². The lowest BCUT2D eigenvalue weighted by atomic mass is 10.2. The Morgan fingerprint density at radius 3 is 2.48 bits per heavy atom. The molecule has 0 saturated carbocycles. The molecule has 2 aromatic rings. The molecule has 23 heavy (non-hydrogen) atoms. The Balaban J connectivity index is 0.00000192. The van der Waals surface area contributed by atoms with Crippen LogP contribution >= 0.6 is 23.4 Å². The second-order valence-corrected chi connectivity index (χ2v) is 7.77. The molecule has 0 bridgehead atoms. The average Bonchev–Trinajstić information content (AvgIpc) is 2.46. The smallest absolute Gasteiger partial charge is 0.0853 e. The van der Waals surface area contributed by atoms with Crippen LogP contribution in [0.2, 0.25) is 5.02 Å². The highest BCUT2D eigenvalue weighted by Gasteiger charge is 2.23. The third-order valence-electron chi connectivity index (χ3n) is 3.51. The molecule has 0 spiro atoms. The molecule has 0 unspecified atom stereocenters. The summed E-state index contributed by atoms with van der Waals surface area (Å²) < 4.78 is 0.743. The van der Waals surface area contributed by atoms with Crippen LogP contribution in [0.5, 0.6) is 0 Å². The van der Waals surface area contributed by atoms with E-state index in [1.807, 2.05) is 17.8 Å². The van der Waals surface area contributed by atoms with Crippen molar-refractivity contribution in [3.05, 3.63) is 47.5 Å². The Morgan fingerprint density at radius 1 is 1.04 bits per heavy atom. The molecular formula is C17H21ClIN3S. The van der Waals surface area contributed by atoms with Gasteiger partial charge in [0.05, 0.1) is 39.1 Å². The van der Waals surface area contributed by atoms with Crippen LogP contribution in [0.3, 0.4) is 0 Å². The van der Waals surface area contributed by atoms with E-state index < -0.39 is 0 Å². The van der Waals surface area contributed by atoms with Crippen LogP contribution in [0.15, 0.2) is 52.3 Å². The summed E-state index contributed by atoms with van der Waals surface area (Å²) in [6.45, 7) is 1.80. The van der Waals surface area contributed by atoms with E-state index in [1.54, 1.807) is 0 Å². The van der Waals surface area contributed by atoms with E-state index in [-0.39, 0.29) is 24.0 Å². The quantitative estimate of drug-likeness (QED) is 0.418. The highest BCUT2D eigenvalue weighted by molar-refractivity contribution is 7.99. The van der Waals surface area contributed by atoms with Gasteiger partial charge in [0, 0.05) is 21.4 Å². The number of fused-ring (bicyclic) bond motifs is 2. The first-order valence-electron chi connectivity index (χ1n) is 7.34. The fraction of sp³-hybridized carbons (Fsp3) is 0.294. The molecule has 0 atom stereocenters. The molecule has 0 fully saturated rings. The van der Waals surface area contributed by atoms with E-state index in [1.165, 1.54) is 21.2 Å². The second kappa shape index (κ2) is 7.61. The van der Waals surface area contributed by atoms with E-state index >= 15 is 0 Å². The van der Waals surface area contributed by atoms with E-state index in [9.17, 15) is 0 Å². The number of quaternary nitrogens is 1. The molecule has 0 amide bonds. The maximum absolute atomic E-state index is 6.22. The van der Waals surface area contributed by atoms with E-state index in [4.69, 9.17) is 11.6 Å². The fourth-order valence-electron chi connectivity index (χ4n) is 2.54. The van der Waals surface area contributed by atoms with Crippen LogP contribution in [0.4, 0.5) is 11.4 Å². The molecule has 3 nitrogen and oxygen atoms in total. The van der Waals surface area contributed by atoms with Crippen LogP contribution in [-0.2, 0) is 0 Å². The first kappa shape index (κ1) is 18.9. The lowest BCUT2D eigenvalue weighted by Crippen LogP contribution is -3.00. The number of halogens is 2. The van der Waals surface area contributed by atoms with Crippen molar-refractivity contribution < 1.29 is 28.6 Å². The summed E-state index contributed by atoms with van der Waals surface area (Å²) >= 11 is 8.03. The SMILES string of the molecule is C[N+](C)(C)NCCN1c2ccccc2Sc2ccc(Cl)cc21.[I-]. The van der Waals surface area contributed by atoms with Gasteiger partial charge in [-0.25, -0.2) is 0 Å². The molecule has 1 aliphatic rings. The molecule has 6 heteroatoms. The van der Waals surface area contributed by atoms with E-state index in [0.717, 1.165) is 22.7 Å². The average molecular weight is 462 g/mol. The molecule has 2 aromatic carbocycles. The highest BCUT2D eigenvalue weighted by atomic mass is 127. The number of nitrogens with one attached hydrogen (secondary N) is 1. The lowest BCUT2D eigenvalue weighted by molar-refractivity contribution is -0.915.